The number of hydrogen-bond acceptors (Lipinski definition) is 2. The van der Waals surface area contributed by atoms with Crippen molar-refractivity contribution in [2.45, 2.75) is 26.3 Å². The highest BCUT2D eigenvalue weighted by atomic mass is 19.1. The quantitative estimate of drug-likeness (QED) is 0.824. The molecule has 0 spiro atoms. The van der Waals surface area contributed by atoms with Crippen molar-refractivity contribution < 1.29 is 9.18 Å². The van der Waals surface area contributed by atoms with E-state index in [1.165, 1.54) is 6.07 Å². The zero-order valence-corrected chi connectivity index (χ0v) is 10.2. The van der Waals surface area contributed by atoms with Crippen molar-refractivity contribution in [3.63, 3.8) is 0 Å². The van der Waals surface area contributed by atoms with Crippen LogP contribution in [0.25, 0.3) is 0 Å². The summed E-state index contributed by atoms with van der Waals surface area (Å²) in [5.74, 6) is -0.629. The van der Waals surface area contributed by atoms with Crippen molar-refractivity contribution in [1.29, 1.82) is 0 Å². The summed E-state index contributed by atoms with van der Waals surface area (Å²) in [6.45, 7) is 3.98. The van der Waals surface area contributed by atoms with Gasteiger partial charge in [0.2, 0.25) is 5.91 Å². The molecule has 4 heteroatoms. The fraction of sp³-hybridized carbons (Fsp3) is 0.462. The van der Waals surface area contributed by atoms with Crippen LogP contribution in [0.1, 0.15) is 31.9 Å². The Morgan fingerprint density at radius 1 is 1.47 bits per heavy atom. The van der Waals surface area contributed by atoms with Crippen molar-refractivity contribution in [2.75, 3.05) is 6.54 Å². The largest absolute Gasteiger partial charge is 0.349 e. The van der Waals surface area contributed by atoms with E-state index in [1.54, 1.807) is 25.1 Å². The normalized spacial score (nSPS) is 14.1. The zero-order chi connectivity index (χ0) is 12.8. The Morgan fingerprint density at radius 2 is 2.12 bits per heavy atom. The summed E-state index contributed by atoms with van der Waals surface area (Å²) in [6.07, 6.45) is 0.687. The van der Waals surface area contributed by atoms with Crippen LogP contribution >= 0.6 is 0 Å². The van der Waals surface area contributed by atoms with Gasteiger partial charge in [0.15, 0.2) is 0 Å². The molecule has 0 aliphatic carbocycles. The molecule has 1 rings (SSSR count). The van der Waals surface area contributed by atoms with Gasteiger partial charge in [-0.2, -0.15) is 0 Å². The second-order valence-corrected chi connectivity index (χ2v) is 4.09. The van der Waals surface area contributed by atoms with Crippen LogP contribution in [0.4, 0.5) is 4.39 Å². The van der Waals surface area contributed by atoms with Gasteiger partial charge in [-0.25, -0.2) is 4.39 Å². The SMILES string of the molecule is CCC(CN)C(=O)NC(C)c1ccccc1F. The van der Waals surface area contributed by atoms with Crippen molar-refractivity contribution >= 4 is 5.91 Å². The maximum absolute atomic E-state index is 13.5. The average molecular weight is 238 g/mol. The van der Waals surface area contributed by atoms with Gasteiger partial charge in [0.25, 0.3) is 0 Å². The van der Waals surface area contributed by atoms with E-state index in [4.69, 9.17) is 5.73 Å². The summed E-state index contributed by atoms with van der Waals surface area (Å²) >= 11 is 0. The molecule has 94 valence electrons. The molecule has 0 saturated carbocycles. The molecule has 0 fully saturated rings. The van der Waals surface area contributed by atoms with Gasteiger partial charge in [-0.1, -0.05) is 25.1 Å². The molecule has 0 aromatic heterocycles. The molecule has 3 nitrogen and oxygen atoms in total. The summed E-state index contributed by atoms with van der Waals surface area (Å²) in [4.78, 5) is 11.8. The standard InChI is InChI=1S/C13H19FN2O/c1-3-10(8-15)13(17)16-9(2)11-6-4-5-7-12(11)14/h4-7,9-10H,3,8,15H2,1-2H3,(H,16,17). The van der Waals surface area contributed by atoms with Crippen LogP contribution in [0.15, 0.2) is 24.3 Å². The second-order valence-electron chi connectivity index (χ2n) is 4.09. The smallest absolute Gasteiger partial charge is 0.224 e. The Bertz CT molecular complexity index is 377. The topological polar surface area (TPSA) is 55.1 Å². The Hall–Kier alpha value is -1.42. The minimum Gasteiger partial charge on any atom is -0.349 e. The summed E-state index contributed by atoms with van der Waals surface area (Å²) in [7, 11) is 0. The first-order valence-electron chi connectivity index (χ1n) is 5.85. The van der Waals surface area contributed by atoms with Gasteiger partial charge < -0.3 is 11.1 Å². The first kappa shape index (κ1) is 13.6. The van der Waals surface area contributed by atoms with Gasteiger partial charge in [0, 0.05) is 18.0 Å². The lowest BCUT2D eigenvalue weighted by Crippen LogP contribution is -2.36. The third-order valence-electron chi connectivity index (χ3n) is 2.88. The molecular formula is C13H19FN2O. The first-order valence-corrected chi connectivity index (χ1v) is 5.85. The van der Waals surface area contributed by atoms with E-state index in [2.05, 4.69) is 5.32 Å². The van der Waals surface area contributed by atoms with Crippen LogP contribution in [0.3, 0.4) is 0 Å². The highest BCUT2D eigenvalue weighted by molar-refractivity contribution is 5.79. The van der Waals surface area contributed by atoms with E-state index in [9.17, 15) is 9.18 Å². The van der Waals surface area contributed by atoms with E-state index in [0.717, 1.165) is 0 Å². The molecule has 0 heterocycles. The Balaban J connectivity index is 2.70. The number of amides is 1. The fourth-order valence-corrected chi connectivity index (χ4v) is 1.69. The van der Waals surface area contributed by atoms with Gasteiger partial charge in [-0.3, -0.25) is 4.79 Å². The summed E-state index contributed by atoms with van der Waals surface area (Å²) < 4.78 is 13.5. The summed E-state index contributed by atoms with van der Waals surface area (Å²) in [5.41, 5.74) is 5.99. The van der Waals surface area contributed by atoms with E-state index in [-0.39, 0.29) is 23.7 Å². The average Bonchev–Trinajstić information content (AvgIpc) is 2.31. The van der Waals surface area contributed by atoms with Gasteiger partial charge >= 0.3 is 0 Å². The maximum Gasteiger partial charge on any atom is 0.224 e. The fourth-order valence-electron chi connectivity index (χ4n) is 1.69. The van der Waals surface area contributed by atoms with Crippen LogP contribution < -0.4 is 11.1 Å². The van der Waals surface area contributed by atoms with E-state index >= 15 is 0 Å². The third-order valence-corrected chi connectivity index (χ3v) is 2.88. The highest BCUT2D eigenvalue weighted by Crippen LogP contribution is 2.16. The molecule has 0 aliphatic heterocycles. The van der Waals surface area contributed by atoms with E-state index in [0.29, 0.717) is 18.5 Å². The number of nitrogens with one attached hydrogen (secondary N) is 1. The maximum atomic E-state index is 13.5. The summed E-state index contributed by atoms with van der Waals surface area (Å²) in [5, 5.41) is 2.78. The first-order chi connectivity index (χ1) is 8.10. The van der Waals surface area contributed by atoms with E-state index < -0.39 is 0 Å². The van der Waals surface area contributed by atoms with E-state index in [1.807, 2.05) is 6.92 Å². The molecule has 2 unspecified atom stereocenters. The number of benzene rings is 1. The number of halogens is 1. The molecule has 3 N–H and O–H groups in total. The number of rotatable bonds is 5. The molecule has 1 aromatic rings. The molecular weight excluding hydrogens is 219 g/mol. The Morgan fingerprint density at radius 3 is 2.65 bits per heavy atom. The van der Waals surface area contributed by atoms with Gasteiger partial charge in [-0.15, -0.1) is 0 Å². The molecule has 0 saturated heterocycles. The predicted molar refractivity (Wildman–Crippen MR) is 65.8 cm³/mol. The predicted octanol–water partition coefficient (Wildman–Crippen LogP) is 1.99. The van der Waals surface area contributed by atoms with Gasteiger partial charge in [0.1, 0.15) is 5.82 Å². The molecule has 17 heavy (non-hydrogen) atoms. The minimum absolute atomic E-state index is 0.120. The number of carbonyl (C=O) groups excluding carboxylic acids is 1. The van der Waals surface area contributed by atoms with Crippen LogP contribution in [-0.2, 0) is 4.79 Å². The molecule has 0 radical (unpaired) electrons. The lowest BCUT2D eigenvalue weighted by atomic mass is 10.0. The van der Waals surface area contributed by atoms with Crippen molar-refractivity contribution in [2.24, 2.45) is 11.7 Å². The molecule has 1 aromatic carbocycles. The monoisotopic (exact) mass is 238 g/mol. The molecule has 1 amide bonds. The zero-order valence-electron chi connectivity index (χ0n) is 10.2. The molecule has 2 atom stereocenters. The number of carbonyl (C=O) groups is 1. The second kappa shape index (κ2) is 6.35. The van der Waals surface area contributed by atoms with Gasteiger partial charge in [-0.05, 0) is 19.4 Å². The molecule has 0 aliphatic rings. The number of hydrogen-bond donors (Lipinski definition) is 2. The van der Waals surface area contributed by atoms with Gasteiger partial charge in [0.05, 0.1) is 6.04 Å². The van der Waals surface area contributed by atoms with Crippen LogP contribution in [0.2, 0.25) is 0 Å². The Kier molecular flexibility index (Phi) is 5.10. The number of nitrogens with two attached hydrogens (primary N) is 1. The molecule has 0 bridgehead atoms. The van der Waals surface area contributed by atoms with Crippen molar-refractivity contribution in [3.8, 4) is 0 Å². The van der Waals surface area contributed by atoms with Crippen molar-refractivity contribution in [1.82, 2.24) is 5.32 Å². The van der Waals surface area contributed by atoms with Crippen LogP contribution in [-0.4, -0.2) is 12.5 Å². The van der Waals surface area contributed by atoms with Crippen molar-refractivity contribution in [3.05, 3.63) is 35.6 Å². The summed E-state index contributed by atoms with van der Waals surface area (Å²) in [6, 6.07) is 6.09. The highest BCUT2D eigenvalue weighted by Gasteiger charge is 2.18. The third kappa shape index (κ3) is 3.53. The lowest BCUT2D eigenvalue weighted by Gasteiger charge is -2.18. The minimum atomic E-state index is -0.343. The van der Waals surface area contributed by atoms with Crippen LogP contribution in [0, 0.1) is 11.7 Å². The van der Waals surface area contributed by atoms with Crippen LogP contribution in [0.5, 0.6) is 0 Å². The Labute approximate surface area is 101 Å². The lowest BCUT2D eigenvalue weighted by molar-refractivity contribution is -0.125.